The average molecular weight is 191 g/mol. The van der Waals surface area contributed by atoms with E-state index in [2.05, 4.69) is 6.58 Å². The van der Waals surface area contributed by atoms with Crippen molar-refractivity contribution in [2.45, 2.75) is 13.0 Å². The van der Waals surface area contributed by atoms with Crippen molar-refractivity contribution in [1.82, 2.24) is 0 Å². The summed E-state index contributed by atoms with van der Waals surface area (Å²) in [7, 11) is 0. The lowest BCUT2D eigenvalue weighted by molar-refractivity contribution is 0.0697. The largest absolute Gasteiger partial charge is 0.478 e. The van der Waals surface area contributed by atoms with Gasteiger partial charge >= 0.3 is 5.97 Å². The van der Waals surface area contributed by atoms with Crippen LogP contribution in [0.3, 0.4) is 0 Å². The summed E-state index contributed by atoms with van der Waals surface area (Å²) >= 11 is 0. The second-order valence-electron chi connectivity index (χ2n) is 3.14. The van der Waals surface area contributed by atoms with Gasteiger partial charge in [-0.3, -0.25) is 0 Å². The second kappa shape index (κ2) is 4.07. The Balaban J connectivity index is 3.13. The molecule has 3 heteroatoms. The van der Waals surface area contributed by atoms with Crippen molar-refractivity contribution in [2.24, 2.45) is 5.73 Å². The van der Waals surface area contributed by atoms with E-state index in [4.69, 9.17) is 10.8 Å². The summed E-state index contributed by atoms with van der Waals surface area (Å²) in [5.74, 6) is -0.924. The Morgan fingerprint density at radius 1 is 1.64 bits per heavy atom. The molecule has 0 unspecified atom stereocenters. The third-order valence-corrected chi connectivity index (χ3v) is 2.13. The number of aryl methyl sites for hydroxylation is 1. The van der Waals surface area contributed by atoms with Crippen LogP contribution in [0.2, 0.25) is 0 Å². The van der Waals surface area contributed by atoms with Gasteiger partial charge in [-0.25, -0.2) is 4.79 Å². The maximum atomic E-state index is 10.7. The van der Waals surface area contributed by atoms with Crippen molar-refractivity contribution >= 4 is 5.97 Å². The number of carbonyl (C=O) groups is 1. The Kier molecular flexibility index (Phi) is 3.04. The topological polar surface area (TPSA) is 63.3 Å². The van der Waals surface area contributed by atoms with Crippen LogP contribution < -0.4 is 5.73 Å². The van der Waals surface area contributed by atoms with E-state index in [0.717, 1.165) is 11.1 Å². The third-order valence-electron chi connectivity index (χ3n) is 2.13. The molecular formula is C11H13NO2. The van der Waals surface area contributed by atoms with Gasteiger partial charge in [0, 0.05) is 6.04 Å². The number of carboxylic acids is 1. The molecule has 1 aromatic carbocycles. The summed E-state index contributed by atoms with van der Waals surface area (Å²) in [4.78, 5) is 10.7. The average Bonchev–Trinajstić information content (AvgIpc) is 2.16. The quantitative estimate of drug-likeness (QED) is 0.717. The van der Waals surface area contributed by atoms with E-state index in [1.807, 2.05) is 6.92 Å². The Bertz CT molecular complexity index is 372. The first-order valence-corrected chi connectivity index (χ1v) is 4.28. The van der Waals surface area contributed by atoms with Crippen LogP contribution in [0.25, 0.3) is 0 Å². The molecule has 0 aliphatic carbocycles. The first-order valence-electron chi connectivity index (χ1n) is 4.28. The van der Waals surface area contributed by atoms with E-state index in [-0.39, 0.29) is 11.6 Å². The molecule has 0 aliphatic rings. The number of rotatable bonds is 3. The Hall–Kier alpha value is -1.61. The molecule has 0 saturated heterocycles. The van der Waals surface area contributed by atoms with Gasteiger partial charge in [-0.2, -0.15) is 0 Å². The van der Waals surface area contributed by atoms with Gasteiger partial charge < -0.3 is 10.8 Å². The smallest absolute Gasteiger partial charge is 0.335 e. The highest BCUT2D eigenvalue weighted by molar-refractivity contribution is 5.87. The van der Waals surface area contributed by atoms with Crippen molar-refractivity contribution in [3.05, 3.63) is 47.5 Å². The van der Waals surface area contributed by atoms with Crippen molar-refractivity contribution in [1.29, 1.82) is 0 Å². The summed E-state index contributed by atoms with van der Waals surface area (Å²) in [6, 6.07) is 4.65. The molecule has 0 aromatic heterocycles. The standard InChI is InChI=1S/C11H13NO2/c1-3-10(12)9-5-4-8(11(13)14)6-7(9)2/h3-6,10H,1,12H2,2H3,(H,13,14)/t10-/m1/s1. The van der Waals surface area contributed by atoms with E-state index < -0.39 is 5.97 Å². The maximum Gasteiger partial charge on any atom is 0.335 e. The predicted octanol–water partition coefficient (Wildman–Crippen LogP) is 1.88. The van der Waals surface area contributed by atoms with E-state index in [1.165, 1.54) is 0 Å². The zero-order chi connectivity index (χ0) is 10.7. The highest BCUT2D eigenvalue weighted by Gasteiger charge is 2.08. The van der Waals surface area contributed by atoms with Gasteiger partial charge in [-0.1, -0.05) is 12.1 Å². The molecule has 1 atom stereocenters. The van der Waals surface area contributed by atoms with E-state index >= 15 is 0 Å². The minimum absolute atomic E-state index is 0.238. The van der Waals surface area contributed by atoms with E-state index in [9.17, 15) is 4.79 Å². The lowest BCUT2D eigenvalue weighted by Gasteiger charge is -2.10. The van der Waals surface area contributed by atoms with E-state index in [1.54, 1.807) is 24.3 Å². The molecule has 0 spiro atoms. The minimum Gasteiger partial charge on any atom is -0.478 e. The second-order valence-corrected chi connectivity index (χ2v) is 3.14. The zero-order valence-corrected chi connectivity index (χ0v) is 8.03. The lowest BCUT2D eigenvalue weighted by Crippen LogP contribution is -2.09. The van der Waals surface area contributed by atoms with Gasteiger partial charge in [-0.05, 0) is 30.2 Å². The molecule has 3 nitrogen and oxygen atoms in total. The number of benzene rings is 1. The van der Waals surface area contributed by atoms with Gasteiger partial charge in [0.2, 0.25) is 0 Å². The van der Waals surface area contributed by atoms with Crippen LogP contribution in [-0.4, -0.2) is 11.1 Å². The summed E-state index contributed by atoms with van der Waals surface area (Å²) < 4.78 is 0. The Labute approximate surface area is 82.9 Å². The van der Waals surface area contributed by atoms with Crippen LogP contribution in [0.1, 0.15) is 27.5 Å². The molecular weight excluding hydrogens is 178 g/mol. The molecule has 3 N–H and O–H groups in total. The van der Waals surface area contributed by atoms with Crippen LogP contribution in [-0.2, 0) is 0 Å². The Morgan fingerprint density at radius 2 is 2.29 bits per heavy atom. The SMILES string of the molecule is C=C[C@@H](N)c1ccc(C(=O)O)cc1C. The van der Waals surface area contributed by atoms with Crippen molar-refractivity contribution in [2.75, 3.05) is 0 Å². The fourth-order valence-electron chi connectivity index (χ4n) is 1.31. The van der Waals surface area contributed by atoms with Crippen LogP contribution in [0, 0.1) is 6.92 Å². The van der Waals surface area contributed by atoms with Crippen LogP contribution >= 0.6 is 0 Å². The molecule has 74 valence electrons. The third kappa shape index (κ3) is 2.00. The molecule has 0 radical (unpaired) electrons. The molecule has 0 saturated carbocycles. The molecule has 1 rings (SSSR count). The maximum absolute atomic E-state index is 10.7. The monoisotopic (exact) mass is 191 g/mol. The molecule has 1 aromatic rings. The van der Waals surface area contributed by atoms with Gasteiger partial charge in [0.15, 0.2) is 0 Å². The molecule has 14 heavy (non-hydrogen) atoms. The van der Waals surface area contributed by atoms with Crippen molar-refractivity contribution in [3.8, 4) is 0 Å². The summed E-state index contributed by atoms with van der Waals surface area (Å²) in [5.41, 5.74) is 7.82. The normalized spacial score (nSPS) is 12.1. The molecule has 0 amide bonds. The van der Waals surface area contributed by atoms with E-state index in [0.29, 0.717) is 0 Å². The zero-order valence-electron chi connectivity index (χ0n) is 8.03. The summed E-state index contributed by atoms with van der Waals surface area (Å²) in [6.45, 7) is 5.43. The lowest BCUT2D eigenvalue weighted by atomic mass is 9.99. The molecule has 0 bridgehead atoms. The first-order chi connectivity index (χ1) is 6.56. The molecule has 0 fully saturated rings. The van der Waals surface area contributed by atoms with Gasteiger partial charge in [0.05, 0.1) is 5.56 Å². The van der Waals surface area contributed by atoms with Crippen molar-refractivity contribution in [3.63, 3.8) is 0 Å². The fourth-order valence-corrected chi connectivity index (χ4v) is 1.31. The van der Waals surface area contributed by atoms with Crippen LogP contribution in [0.5, 0.6) is 0 Å². The van der Waals surface area contributed by atoms with Crippen LogP contribution in [0.15, 0.2) is 30.9 Å². The minimum atomic E-state index is -0.924. The number of nitrogens with two attached hydrogens (primary N) is 1. The molecule has 0 aliphatic heterocycles. The van der Waals surface area contributed by atoms with Crippen LogP contribution in [0.4, 0.5) is 0 Å². The van der Waals surface area contributed by atoms with Gasteiger partial charge in [-0.15, -0.1) is 6.58 Å². The van der Waals surface area contributed by atoms with Gasteiger partial charge in [0.25, 0.3) is 0 Å². The van der Waals surface area contributed by atoms with Crippen molar-refractivity contribution < 1.29 is 9.90 Å². The number of hydrogen-bond donors (Lipinski definition) is 2. The van der Waals surface area contributed by atoms with Gasteiger partial charge in [0.1, 0.15) is 0 Å². The summed E-state index contributed by atoms with van der Waals surface area (Å²) in [6.07, 6.45) is 1.63. The highest BCUT2D eigenvalue weighted by atomic mass is 16.4. The summed E-state index contributed by atoms with van der Waals surface area (Å²) in [5, 5.41) is 8.74. The predicted molar refractivity (Wildman–Crippen MR) is 55.3 cm³/mol. The molecule has 0 heterocycles. The Morgan fingerprint density at radius 3 is 2.71 bits per heavy atom. The fraction of sp³-hybridized carbons (Fsp3) is 0.182. The number of carboxylic acid groups (broad SMARTS) is 1. The highest BCUT2D eigenvalue weighted by Crippen LogP contribution is 2.17. The number of hydrogen-bond acceptors (Lipinski definition) is 2. The first kappa shape index (κ1) is 10.5. The number of aromatic carboxylic acids is 1.